The Kier molecular flexibility index (Phi) is 6.65. The lowest BCUT2D eigenvalue weighted by atomic mass is 9.88. The van der Waals surface area contributed by atoms with E-state index in [2.05, 4.69) is 17.6 Å². The van der Waals surface area contributed by atoms with Crippen molar-refractivity contribution >= 4 is 33.8 Å². The number of hydrogen-bond donors (Lipinski definition) is 2. The Balaban J connectivity index is 1.70. The summed E-state index contributed by atoms with van der Waals surface area (Å²) in [5.41, 5.74) is 1.73. The maximum atomic E-state index is 14.2. The molecule has 1 aliphatic rings. The maximum absolute atomic E-state index is 14.2. The van der Waals surface area contributed by atoms with Crippen LogP contribution in [0.5, 0.6) is 11.5 Å². The Labute approximate surface area is 195 Å². The normalized spacial score (nSPS) is 14.8. The van der Waals surface area contributed by atoms with Gasteiger partial charge >= 0.3 is 0 Å². The van der Waals surface area contributed by atoms with Gasteiger partial charge in [0.1, 0.15) is 22.3 Å². The van der Waals surface area contributed by atoms with Gasteiger partial charge in [-0.3, -0.25) is 9.59 Å². The average Bonchev–Trinajstić information content (AvgIpc) is 3.15. The monoisotopic (exact) mass is 468 g/mol. The topological polar surface area (TPSA) is 76.7 Å². The molecule has 1 atom stereocenters. The molecule has 0 bridgehead atoms. The molecule has 1 unspecified atom stereocenters. The second-order valence-electron chi connectivity index (χ2n) is 8.01. The molecule has 1 aromatic heterocycles. The van der Waals surface area contributed by atoms with Crippen LogP contribution in [-0.2, 0) is 12.8 Å². The molecule has 0 aliphatic heterocycles. The lowest BCUT2D eigenvalue weighted by Crippen LogP contribution is -2.20. The Morgan fingerprint density at radius 3 is 2.58 bits per heavy atom. The molecule has 1 aliphatic carbocycles. The van der Waals surface area contributed by atoms with E-state index in [9.17, 15) is 14.0 Å². The summed E-state index contributed by atoms with van der Waals surface area (Å²) in [4.78, 5) is 27.4. The van der Waals surface area contributed by atoms with E-state index in [0.717, 1.165) is 29.7 Å². The van der Waals surface area contributed by atoms with Gasteiger partial charge in [-0.25, -0.2) is 4.39 Å². The number of benzene rings is 2. The molecule has 8 heteroatoms. The molecular weight excluding hydrogens is 443 g/mol. The second kappa shape index (κ2) is 9.62. The number of carbonyl (C=O) groups excluding carboxylic acids is 2. The van der Waals surface area contributed by atoms with E-state index in [-0.39, 0.29) is 11.5 Å². The zero-order valence-corrected chi connectivity index (χ0v) is 19.5. The number of rotatable bonds is 6. The van der Waals surface area contributed by atoms with Gasteiger partial charge in [0, 0.05) is 10.9 Å². The predicted molar refractivity (Wildman–Crippen MR) is 127 cm³/mol. The van der Waals surface area contributed by atoms with Gasteiger partial charge in [-0.2, -0.15) is 0 Å². The quantitative estimate of drug-likeness (QED) is 0.498. The molecule has 0 radical (unpaired) electrons. The van der Waals surface area contributed by atoms with Crippen LogP contribution in [0.1, 0.15) is 44.5 Å². The molecule has 0 spiro atoms. The first kappa shape index (κ1) is 22.8. The molecule has 0 fully saturated rings. The molecule has 2 N–H and O–H groups in total. The SMILES string of the molecule is COc1ccc(OC)c(NC(=O)c2c(NC(=O)c3ccccc3F)sc3c2CCC(C)C3)c1. The number of fused-ring (bicyclic) bond motifs is 1. The van der Waals surface area contributed by atoms with Crippen LogP contribution < -0.4 is 20.1 Å². The first-order chi connectivity index (χ1) is 15.9. The van der Waals surface area contributed by atoms with Gasteiger partial charge in [0.15, 0.2) is 0 Å². The molecule has 0 saturated heterocycles. The van der Waals surface area contributed by atoms with Gasteiger partial charge in [0.05, 0.1) is 31.0 Å². The number of anilines is 2. The van der Waals surface area contributed by atoms with Crippen LogP contribution in [0.4, 0.5) is 15.1 Å². The van der Waals surface area contributed by atoms with Crippen molar-refractivity contribution in [2.75, 3.05) is 24.9 Å². The summed E-state index contributed by atoms with van der Waals surface area (Å²) in [6, 6.07) is 10.9. The van der Waals surface area contributed by atoms with Crippen molar-refractivity contribution < 1.29 is 23.5 Å². The number of nitrogens with one attached hydrogen (secondary N) is 2. The first-order valence-electron chi connectivity index (χ1n) is 10.6. The minimum atomic E-state index is -0.614. The summed E-state index contributed by atoms with van der Waals surface area (Å²) in [6.45, 7) is 2.17. The molecule has 6 nitrogen and oxygen atoms in total. The number of carbonyl (C=O) groups is 2. The highest BCUT2D eigenvalue weighted by atomic mass is 32.1. The summed E-state index contributed by atoms with van der Waals surface area (Å²) in [5.74, 6) is -0.0259. The van der Waals surface area contributed by atoms with Crippen molar-refractivity contribution in [3.63, 3.8) is 0 Å². The summed E-state index contributed by atoms with van der Waals surface area (Å²) in [5, 5.41) is 6.10. The molecule has 2 aromatic carbocycles. The van der Waals surface area contributed by atoms with Gasteiger partial charge in [0.2, 0.25) is 0 Å². The van der Waals surface area contributed by atoms with E-state index in [1.165, 1.54) is 36.6 Å². The summed E-state index contributed by atoms with van der Waals surface area (Å²) >= 11 is 1.38. The summed E-state index contributed by atoms with van der Waals surface area (Å²) in [7, 11) is 3.06. The smallest absolute Gasteiger partial charge is 0.259 e. The zero-order chi connectivity index (χ0) is 23.5. The molecule has 0 saturated carbocycles. The van der Waals surface area contributed by atoms with Crippen LogP contribution in [-0.4, -0.2) is 26.0 Å². The highest BCUT2D eigenvalue weighted by molar-refractivity contribution is 7.17. The van der Waals surface area contributed by atoms with Crippen LogP contribution >= 0.6 is 11.3 Å². The van der Waals surface area contributed by atoms with Crippen molar-refractivity contribution in [2.45, 2.75) is 26.2 Å². The van der Waals surface area contributed by atoms with Crippen molar-refractivity contribution in [1.82, 2.24) is 0 Å². The number of methoxy groups -OCH3 is 2. The number of hydrogen-bond acceptors (Lipinski definition) is 5. The third kappa shape index (κ3) is 4.71. The van der Waals surface area contributed by atoms with Crippen molar-refractivity contribution in [3.05, 3.63) is 69.8 Å². The lowest BCUT2D eigenvalue weighted by Gasteiger charge is -2.19. The fourth-order valence-corrected chi connectivity index (χ4v) is 5.39. The van der Waals surface area contributed by atoms with Gasteiger partial charge in [-0.15, -0.1) is 11.3 Å². The number of halogens is 1. The van der Waals surface area contributed by atoms with Crippen LogP contribution in [0.3, 0.4) is 0 Å². The third-order valence-corrected chi connectivity index (χ3v) is 6.91. The highest BCUT2D eigenvalue weighted by Gasteiger charge is 2.29. The van der Waals surface area contributed by atoms with Crippen molar-refractivity contribution in [2.24, 2.45) is 5.92 Å². The first-order valence-corrected chi connectivity index (χ1v) is 11.5. The van der Waals surface area contributed by atoms with Crippen LogP contribution in [0.15, 0.2) is 42.5 Å². The van der Waals surface area contributed by atoms with Crippen molar-refractivity contribution in [3.8, 4) is 11.5 Å². The van der Waals surface area contributed by atoms with E-state index in [4.69, 9.17) is 9.47 Å². The largest absolute Gasteiger partial charge is 0.497 e. The Morgan fingerprint density at radius 1 is 1.06 bits per heavy atom. The van der Waals surface area contributed by atoms with Crippen LogP contribution in [0.25, 0.3) is 0 Å². The minimum absolute atomic E-state index is 0.0712. The van der Waals surface area contributed by atoms with Crippen LogP contribution in [0.2, 0.25) is 0 Å². The highest BCUT2D eigenvalue weighted by Crippen LogP contribution is 2.41. The van der Waals surface area contributed by atoms with E-state index in [1.54, 1.807) is 31.4 Å². The predicted octanol–water partition coefficient (Wildman–Crippen LogP) is 5.53. The van der Waals surface area contributed by atoms with Gasteiger partial charge < -0.3 is 20.1 Å². The van der Waals surface area contributed by atoms with E-state index in [1.807, 2.05) is 0 Å². The van der Waals surface area contributed by atoms with Crippen molar-refractivity contribution in [1.29, 1.82) is 0 Å². The number of amides is 2. The molecule has 172 valence electrons. The van der Waals surface area contributed by atoms with Gasteiger partial charge in [-0.1, -0.05) is 19.1 Å². The number of thiophene rings is 1. The maximum Gasteiger partial charge on any atom is 0.259 e. The molecule has 1 heterocycles. The summed E-state index contributed by atoms with van der Waals surface area (Å²) in [6.07, 6.45) is 2.52. The third-order valence-electron chi connectivity index (χ3n) is 5.74. The Hall–Kier alpha value is -3.39. The molecule has 2 amide bonds. The second-order valence-corrected chi connectivity index (χ2v) is 9.12. The fourth-order valence-electron chi connectivity index (χ4n) is 3.99. The summed E-state index contributed by atoms with van der Waals surface area (Å²) < 4.78 is 24.8. The van der Waals surface area contributed by atoms with E-state index >= 15 is 0 Å². The van der Waals surface area contributed by atoms with Gasteiger partial charge in [0.25, 0.3) is 11.8 Å². The Morgan fingerprint density at radius 2 is 1.85 bits per heavy atom. The standard InChI is InChI=1S/C25H25FN2O4S/c1-14-8-10-17-21(12-14)33-25(28-23(29)16-6-4-5-7-18(16)26)22(17)24(30)27-19-13-15(31-2)9-11-20(19)32-3/h4-7,9,11,13-14H,8,10,12H2,1-3H3,(H,27,30)(H,28,29). The van der Waals surface area contributed by atoms with E-state index in [0.29, 0.717) is 33.7 Å². The molecular formula is C25H25FN2O4S. The average molecular weight is 469 g/mol. The molecule has 33 heavy (non-hydrogen) atoms. The van der Waals surface area contributed by atoms with Crippen LogP contribution in [0, 0.1) is 11.7 Å². The van der Waals surface area contributed by atoms with Gasteiger partial charge in [-0.05, 0) is 55.0 Å². The molecule has 3 aromatic rings. The lowest BCUT2D eigenvalue weighted by molar-refractivity contribution is 0.102. The fraction of sp³-hybridized carbons (Fsp3) is 0.280. The molecule has 4 rings (SSSR count). The number of ether oxygens (including phenoxy) is 2. The zero-order valence-electron chi connectivity index (χ0n) is 18.7. The Bertz CT molecular complexity index is 1210. The minimum Gasteiger partial charge on any atom is -0.497 e. The van der Waals surface area contributed by atoms with E-state index < -0.39 is 11.7 Å².